The van der Waals surface area contributed by atoms with Crippen LogP contribution in [0.2, 0.25) is 0 Å². The first-order valence-corrected chi connectivity index (χ1v) is 12.8. The summed E-state index contributed by atoms with van der Waals surface area (Å²) in [5.41, 5.74) is 0.625. The number of sulfonamides is 1. The normalized spacial score (nSPS) is 15.7. The smallest absolute Gasteiger partial charge is 0.292 e. The van der Waals surface area contributed by atoms with Gasteiger partial charge in [-0.2, -0.15) is 16.5 Å². The third-order valence-electron chi connectivity index (χ3n) is 4.98. The van der Waals surface area contributed by atoms with Gasteiger partial charge in [-0.25, -0.2) is 8.42 Å². The van der Waals surface area contributed by atoms with Crippen LogP contribution in [0.1, 0.15) is 22.7 Å². The van der Waals surface area contributed by atoms with Crippen molar-refractivity contribution in [1.29, 1.82) is 0 Å². The van der Waals surface area contributed by atoms with Gasteiger partial charge in [-0.1, -0.05) is 23.4 Å². The Morgan fingerprint density at radius 1 is 1.16 bits per heavy atom. The van der Waals surface area contributed by atoms with Crippen molar-refractivity contribution in [3.05, 3.63) is 47.9 Å². The summed E-state index contributed by atoms with van der Waals surface area (Å²) in [6.45, 7) is 3.05. The zero-order valence-corrected chi connectivity index (χ0v) is 19.1. The van der Waals surface area contributed by atoms with Crippen molar-refractivity contribution in [3.63, 3.8) is 0 Å². The van der Waals surface area contributed by atoms with Crippen LogP contribution in [0.4, 0.5) is 0 Å². The molecule has 0 saturated carbocycles. The number of piperazine rings is 1. The molecule has 168 valence electrons. The molecule has 0 spiro atoms. The molecular formula is C20H26N4O5S2. The second-order valence-electron chi connectivity index (χ2n) is 7.22. The fourth-order valence-electron chi connectivity index (χ4n) is 3.29. The highest BCUT2D eigenvalue weighted by atomic mass is 32.2. The summed E-state index contributed by atoms with van der Waals surface area (Å²) in [5.74, 6) is 0.259. The second kappa shape index (κ2) is 10.3. The minimum atomic E-state index is -3.82. The maximum absolute atomic E-state index is 13.1. The van der Waals surface area contributed by atoms with Crippen molar-refractivity contribution in [2.45, 2.75) is 24.3 Å². The van der Waals surface area contributed by atoms with E-state index < -0.39 is 16.1 Å². The van der Waals surface area contributed by atoms with Crippen molar-refractivity contribution < 1.29 is 22.5 Å². The van der Waals surface area contributed by atoms with Gasteiger partial charge in [0, 0.05) is 32.2 Å². The van der Waals surface area contributed by atoms with Crippen LogP contribution in [0.25, 0.3) is 0 Å². The molecule has 3 rings (SSSR count). The van der Waals surface area contributed by atoms with Crippen LogP contribution in [-0.2, 0) is 14.8 Å². The minimum absolute atomic E-state index is 0.120. The number of aryl methyl sites for hydroxylation is 1. The molecule has 1 fully saturated rings. The summed E-state index contributed by atoms with van der Waals surface area (Å²) < 4.78 is 33.1. The molecule has 1 aromatic heterocycles. The van der Waals surface area contributed by atoms with E-state index in [0.717, 1.165) is 0 Å². The molecule has 1 aliphatic heterocycles. The number of carbonyl (C=O) groups excluding carboxylic acids is 2. The summed E-state index contributed by atoms with van der Waals surface area (Å²) in [6.07, 6.45) is 2.28. The van der Waals surface area contributed by atoms with Crippen LogP contribution >= 0.6 is 11.8 Å². The van der Waals surface area contributed by atoms with Crippen LogP contribution < -0.4 is 4.72 Å². The number of hydrogen-bond donors (Lipinski definition) is 1. The van der Waals surface area contributed by atoms with E-state index in [0.29, 0.717) is 44.0 Å². The average Bonchev–Trinajstić information content (AvgIpc) is 3.22. The van der Waals surface area contributed by atoms with Gasteiger partial charge in [0.2, 0.25) is 21.7 Å². The standard InChI is InChI=1S/C20H26N4O5S2/c1-15-14-18(29-21-15)20(26)24-11-9-23(10-12-24)19(25)17(8-13-30-2)22-31(27,28)16-6-4-3-5-7-16/h3-7,14,17,22H,8-13H2,1-2H3. The molecule has 11 heteroatoms. The monoisotopic (exact) mass is 466 g/mol. The average molecular weight is 467 g/mol. The first-order valence-electron chi connectivity index (χ1n) is 9.89. The second-order valence-corrected chi connectivity index (χ2v) is 9.92. The Hall–Kier alpha value is -2.37. The number of hydrogen-bond acceptors (Lipinski definition) is 7. The molecule has 2 amide bonds. The lowest BCUT2D eigenvalue weighted by Gasteiger charge is -2.36. The molecule has 1 saturated heterocycles. The van der Waals surface area contributed by atoms with E-state index in [1.807, 2.05) is 6.26 Å². The Morgan fingerprint density at radius 3 is 2.39 bits per heavy atom. The van der Waals surface area contributed by atoms with Gasteiger partial charge in [-0.15, -0.1) is 0 Å². The lowest BCUT2D eigenvalue weighted by molar-refractivity contribution is -0.134. The molecule has 2 heterocycles. The first-order chi connectivity index (χ1) is 14.8. The fourth-order valence-corrected chi connectivity index (χ4v) is 5.01. The van der Waals surface area contributed by atoms with Crippen LogP contribution in [0.15, 0.2) is 45.8 Å². The quantitative estimate of drug-likeness (QED) is 0.625. The van der Waals surface area contributed by atoms with Crippen LogP contribution in [0.3, 0.4) is 0 Å². The molecule has 1 aromatic carbocycles. The van der Waals surface area contributed by atoms with Gasteiger partial charge in [0.05, 0.1) is 10.6 Å². The number of nitrogens with one attached hydrogen (secondary N) is 1. The summed E-state index contributed by atoms with van der Waals surface area (Å²) in [5, 5.41) is 3.73. The van der Waals surface area contributed by atoms with Crippen molar-refractivity contribution in [1.82, 2.24) is 19.7 Å². The van der Waals surface area contributed by atoms with Crippen LogP contribution in [-0.4, -0.2) is 79.4 Å². The van der Waals surface area contributed by atoms with E-state index in [4.69, 9.17) is 4.52 Å². The number of thioether (sulfide) groups is 1. The number of benzene rings is 1. The van der Waals surface area contributed by atoms with Gasteiger partial charge in [-0.05, 0) is 37.5 Å². The molecule has 1 aliphatic rings. The maximum atomic E-state index is 13.1. The number of nitrogens with zero attached hydrogens (tertiary/aromatic N) is 3. The summed E-state index contributed by atoms with van der Waals surface area (Å²) in [4.78, 5) is 29.0. The zero-order chi connectivity index (χ0) is 22.4. The highest BCUT2D eigenvalue weighted by Gasteiger charge is 2.32. The van der Waals surface area contributed by atoms with Crippen molar-refractivity contribution in [3.8, 4) is 0 Å². The highest BCUT2D eigenvalue weighted by Crippen LogP contribution is 2.15. The molecule has 2 aromatic rings. The molecule has 1 unspecified atom stereocenters. The zero-order valence-electron chi connectivity index (χ0n) is 17.5. The summed E-state index contributed by atoms with van der Waals surface area (Å²) in [6, 6.07) is 8.71. The molecule has 0 bridgehead atoms. The predicted octanol–water partition coefficient (Wildman–Crippen LogP) is 1.37. The lowest BCUT2D eigenvalue weighted by Crippen LogP contribution is -2.55. The molecule has 31 heavy (non-hydrogen) atoms. The number of amides is 2. The minimum Gasteiger partial charge on any atom is -0.351 e. The molecule has 0 radical (unpaired) electrons. The third kappa shape index (κ3) is 5.86. The predicted molar refractivity (Wildman–Crippen MR) is 117 cm³/mol. The maximum Gasteiger partial charge on any atom is 0.292 e. The Labute approximate surface area is 186 Å². The molecule has 1 N–H and O–H groups in total. The van der Waals surface area contributed by atoms with E-state index in [9.17, 15) is 18.0 Å². The van der Waals surface area contributed by atoms with Gasteiger partial charge in [-0.3, -0.25) is 9.59 Å². The van der Waals surface area contributed by atoms with Crippen molar-refractivity contribution in [2.75, 3.05) is 38.2 Å². The van der Waals surface area contributed by atoms with Crippen molar-refractivity contribution >= 4 is 33.6 Å². The Bertz CT molecular complexity index is 1000. The van der Waals surface area contributed by atoms with Gasteiger partial charge in [0.25, 0.3) is 5.91 Å². The topological polar surface area (TPSA) is 113 Å². The fraction of sp³-hybridized carbons (Fsp3) is 0.450. The van der Waals surface area contributed by atoms with E-state index in [-0.39, 0.29) is 22.5 Å². The number of aromatic nitrogens is 1. The van der Waals surface area contributed by atoms with E-state index >= 15 is 0 Å². The third-order valence-corrected chi connectivity index (χ3v) is 7.11. The van der Waals surface area contributed by atoms with E-state index in [2.05, 4.69) is 9.88 Å². The molecule has 0 aliphatic carbocycles. The lowest BCUT2D eigenvalue weighted by atomic mass is 10.2. The Balaban J connectivity index is 1.65. The van der Waals surface area contributed by atoms with Gasteiger partial charge >= 0.3 is 0 Å². The van der Waals surface area contributed by atoms with Crippen LogP contribution in [0, 0.1) is 6.92 Å². The Morgan fingerprint density at radius 2 is 1.81 bits per heavy atom. The number of rotatable bonds is 8. The largest absolute Gasteiger partial charge is 0.351 e. The van der Waals surface area contributed by atoms with Gasteiger partial charge < -0.3 is 14.3 Å². The molecular weight excluding hydrogens is 440 g/mol. The van der Waals surface area contributed by atoms with E-state index in [1.54, 1.807) is 52.8 Å². The molecule has 9 nitrogen and oxygen atoms in total. The highest BCUT2D eigenvalue weighted by molar-refractivity contribution is 7.98. The number of carbonyl (C=O) groups is 2. The molecule has 1 atom stereocenters. The van der Waals surface area contributed by atoms with Crippen LogP contribution in [0.5, 0.6) is 0 Å². The summed E-state index contributed by atoms with van der Waals surface area (Å²) >= 11 is 1.54. The van der Waals surface area contributed by atoms with Gasteiger partial charge in [0.15, 0.2) is 0 Å². The van der Waals surface area contributed by atoms with E-state index in [1.165, 1.54) is 12.1 Å². The van der Waals surface area contributed by atoms with Crippen molar-refractivity contribution in [2.24, 2.45) is 0 Å². The summed E-state index contributed by atoms with van der Waals surface area (Å²) in [7, 11) is -3.82. The van der Waals surface area contributed by atoms with Gasteiger partial charge in [0.1, 0.15) is 6.04 Å². The first kappa shape index (κ1) is 23.3. The Kier molecular flexibility index (Phi) is 7.74. The SMILES string of the molecule is CSCCC(NS(=O)(=O)c1ccccc1)C(=O)N1CCN(C(=O)c2cc(C)no2)CC1.